The quantitative estimate of drug-likeness (QED) is 0.832. The number of nitrogens with zero attached hydrogens (tertiary/aromatic N) is 1. The minimum atomic E-state index is 0.621. The van der Waals surface area contributed by atoms with Crippen LogP contribution in [0.5, 0.6) is 11.5 Å². The third-order valence-electron chi connectivity index (χ3n) is 2.66. The Labute approximate surface area is 94.7 Å². The van der Waals surface area contributed by atoms with Gasteiger partial charge in [0.1, 0.15) is 0 Å². The molecule has 4 nitrogen and oxygen atoms in total. The number of ether oxygens (including phenoxy) is 2. The van der Waals surface area contributed by atoms with Crippen molar-refractivity contribution >= 4 is 5.69 Å². The number of allylic oxidation sites excluding steroid dienone is 1. The molecule has 1 aliphatic heterocycles. The number of methoxy groups -OCH3 is 2. The van der Waals surface area contributed by atoms with Crippen molar-refractivity contribution in [3.05, 3.63) is 30.0 Å². The van der Waals surface area contributed by atoms with Crippen LogP contribution in [0.4, 0.5) is 5.69 Å². The first kappa shape index (κ1) is 10.8. The van der Waals surface area contributed by atoms with Gasteiger partial charge in [-0.2, -0.15) is 0 Å². The lowest BCUT2D eigenvalue weighted by Gasteiger charge is -2.17. The fourth-order valence-corrected chi connectivity index (χ4v) is 1.82. The molecule has 0 unspecified atom stereocenters. The van der Waals surface area contributed by atoms with Crippen molar-refractivity contribution in [2.45, 2.75) is 12.8 Å². The Bertz CT molecular complexity index is 415. The summed E-state index contributed by atoms with van der Waals surface area (Å²) in [6, 6.07) is 3.69. The SMILES string of the molecule is COc1cc2c(cc1OC)N(O)C=CCC2. The first-order valence-corrected chi connectivity index (χ1v) is 5.16. The highest BCUT2D eigenvalue weighted by molar-refractivity contribution is 5.62. The Hall–Kier alpha value is -1.68. The molecule has 0 spiro atoms. The van der Waals surface area contributed by atoms with Gasteiger partial charge in [0, 0.05) is 12.3 Å². The third kappa shape index (κ3) is 1.84. The Balaban J connectivity index is 2.51. The highest BCUT2D eigenvalue weighted by Crippen LogP contribution is 2.36. The van der Waals surface area contributed by atoms with Crippen molar-refractivity contribution in [1.29, 1.82) is 0 Å². The number of rotatable bonds is 2. The monoisotopic (exact) mass is 221 g/mol. The maximum Gasteiger partial charge on any atom is 0.162 e. The molecule has 2 rings (SSSR count). The zero-order chi connectivity index (χ0) is 11.5. The van der Waals surface area contributed by atoms with Crippen LogP contribution in [0.2, 0.25) is 0 Å². The van der Waals surface area contributed by atoms with E-state index in [-0.39, 0.29) is 0 Å². The molecule has 1 aromatic rings. The highest BCUT2D eigenvalue weighted by atomic mass is 16.5. The van der Waals surface area contributed by atoms with Crippen molar-refractivity contribution in [2.24, 2.45) is 0 Å². The van der Waals surface area contributed by atoms with Gasteiger partial charge in [-0.1, -0.05) is 6.08 Å². The van der Waals surface area contributed by atoms with Gasteiger partial charge in [0.15, 0.2) is 11.5 Å². The van der Waals surface area contributed by atoms with E-state index in [4.69, 9.17) is 9.47 Å². The minimum Gasteiger partial charge on any atom is -0.493 e. The molecule has 1 N–H and O–H groups in total. The summed E-state index contributed by atoms with van der Waals surface area (Å²) < 4.78 is 10.4. The Morgan fingerprint density at radius 2 is 1.88 bits per heavy atom. The molecule has 1 aromatic carbocycles. The van der Waals surface area contributed by atoms with Crippen molar-refractivity contribution in [3.63, 3.8) is 0 Å². The lowest BCUT2D eigenvalue weighted by molar-refractivity contribution is 0.294. The summed E-state index contributed by atoms with van der Waals surface area (Å²) in [6.45, 7) is 0. The molecular weight excluding hydrogens is 206 g/mol. The number of fused-ring (bicyclic) bond motifs is 1. The second-order valence-corrected chi connectivity index (χ2v) is 3.60. The van der Waals surface area contributed by atoms with Crippen LogP contribution in [-0.4, -0.2) is 19.4 Å². The number of anilines is 1. The fraction of sp³-hybridized carbons (Fsp3) is 0.333. The van der Waals surface area contributed by atoms with Gasteiger partial charge in [-0.25, -0.2) is 5.06 Å². The molecule has 1 heterocycles. The van der Waals surface area contributed by atoms with Crippen LogP contribution in [0.25, 0.3) is 0 Å². The molecule has 86 valence electrons. The van der Waals surface area contributed by atoms with E-state index >= 15 is 0 Å². The van der Waals surface area contributed by atoms with Crippen molar-refractivity contribution in [1.82, 2.24) is 0 Å². The molecule has 0 aliphatic carbocycles. The summed E-state index contributed by atoms with van der Waals surface area (Å²) in [5.74, 6) is 1.31. The summed E-state index contributed by atoms with van der Waals surface area (Å²) in [5, 5.41) is 10.9. The van der Waals surface area contributed by atoms with Gasteiger partial charge in [-0.15, -0.1) is 0 Å². The van der Waals surface area contributed by atoms with Crippen LogP contribution in [-0.2, 0) is 6.42 Å². The van der Waals surface area contributed by atoms with Gasteiger partial charge in [-0.05, 0) is 24.5 Å². The molecule has 16 heavy (non-hydrogen) atoms. The van der Waals surface area contributed by atoms with Gasteiger partial charge < -0.3 is 9.47 Å². The lowest BCUT2D eigenvalue weighted by atomic mass is 10.1. The van der Waals surface area contributed by atoms with E-state index in [2.05, 4.69) is 0 Å². The molecule has 0 saturated heterocycles. The number of hydroxylamine groups is 1. The van der Waals surface area contributed by atoms with Gasteiger partial charge in [-0.3, -0.25) is 5.21 Å². The summed E-state index contributed by atoms with van der Waals surface area (Å²) in [4.78, 5) is 0. The number of hydrogen-bond acceptors (Lipinski definition) is 4. The number of hydrogen-bond donors (Lipinski definition) is 1. The first-order chi connectivity index (χ1) is 7.76. The second kappa shape index (κ2) is 4.45. The molecule has 1 aliphatic rings. The van der Waals surface area contributed by atoms with Gasteiger partial charge in [0.25, 0.3) is 0 Å². The molecule has 0 amide bonds. The standard InChI is InChI=1S/C12H15NO3/c1-15-11-7-9-5-3-4-6-13(14)10(9)8-12(11)16-2/h4,6-8,14H,3,5H2,1-2H3. The van der Waals surface area contributed by atoms with Crippen LogP contribution in [0.1, 0.15) is 12.0 Å². The average molecular weight is 221 g/mol. The average Bonchev–Trinajstić information content (AvgIpc) is 2.49. The molecule has 0 atom stereocenters. The van der Waals surface area contributed by atoms with E-state index in [1.807, 2.05) is 12.1 Å². The second-order valence-electron chi connectivity index (χ2n) is 3.60. The van der Waals surface area contributed by atoms with Crippen LogP contribution in [0.3, 0.4) is 0 Å². The normalized spacial score (nSPS) is 14.3. The first-order valence-electron chi connectivity index (χ1n) is 5.16. The largest absolute Gasteiger partial charge is 0.493 e. The van der Waals surface area contributed by atoms with Crippen LogP contribution in [0, 0.1) is 0 Å². The maximum absolute atomic E-state index is 9.78. The predicted molar refractivity (Wildman–Crippen MR) is 61.3 cm³/mol. The fourth-order valence-electron chi connectivity index (χ4n) is 1.82. The smallest absolute Gasteiger partial charge is 0.162 e. The zero-order valence-corrected chi connectivity index (χ0v) is 9.43. The molecular formula is C12H15NO3. The van der Waals surface area contributed by atoms with Gasteiger partial charge in [0.05, 0.1) is 19.9 Å². The summed E-state index contributed by atoms with van der Waals surface area (Å²) in [7, 11) is 3.19. The summed E-state index contributed by atoms with van der Waals surface area (Å²) in [6.07, 6.45) is 5.36. The highest BCUT2D eigenvalue weighted by Gasteiger charge is 2.15. The van der Waals surface area contributed by atoms with E-state index in [0.717, 1.165) is 29.2 Å². The molecule has 4 heteroatoms. The molecule has 0 aromatic heterocycles. The van der Waals surface area contributed by atoms with E-state index in [9.17, 15) is 5.21 Å². The van der Waals surface area contributed by atoms with Crippen molar-refractivity contribution in [2.75, 3.05) is 19.3 Å². The zero-order valence-electron chi connectivity index (χ0n) is 9.43. The van der Waals surface area contributed by atoms with Crippen LogP contribution < -0.4 is 14.5 Å². The van der Waals surface area contributed by atoms with E-state index in [1.54, 1.807) is 26.5 Å². The molecule has 0 fully saturated rings. The predicted octanol–water partition coefficient (Wildman–Crippen LogP) is 2.36. The number of aryl methyl sites for hydroxylation is 1. The molecule has 0 radical (unpaired) electrons. The minimum absolute atomic E-state index is 0.621. The summed E-state index contributed by atoms with van der Waals surface area (Å²) in [5.41, 5.74) is 1.79. The topological polar surface area (TPSA) is 41.9 Å². The Morgan fingerprint density at radius 3 is 2.56 bits per heavy atom. The molecule has 0 bridgehead atoms. The van der Waals surface area contributed by atoms with Gasteiger partial charge >= 0.3 is 0 Å². The maximum atomic E-state index is 9.78. The summed E-state index contributed by atoms with van der Waals surface area (Å²) >= 11 is 0. The van der Waals surface area contributed by atoms with E-state index in [1.165, 1.54) is 0 Å². The van der Waals surface area contributed by atoms with Crippen molar-refractivity contribution in [3.8, 4) is 11.5 Å². The lowest BCUT2D eigenvalue weighted by Crippen LogP contribution is -2.10. The molecule has 0 saturated carbocycles. The Kier molecular flexibility index (Phi) is 3.01. The van der Waals surface area contributed by atoms with Crippen LogP contribution >= 0.6 is 0 Å². The Morgan fingerprint density at radius 1 is 1.19 bits per heavy atom. The van der Waals surface area contributed by atoms with E-state index < -0.39 is 0 Å². The van der Waals surface area contributed by atoms with Crippen LogP contribution in [0.15, 0.2) is 24.4 Å². The van der Waals surface area contributed by atoms with Gasteiger partial charge in [0.2, 0.25) is 0 Å². The van der Waals surface area contributed by atoms with Crippen molar-refractivity contribution < 1.29 is 14.7 Å². The van der Waals surface area contributed by atoms with E-state index in [0.29, 0.717) is 11.5 Å². The number of benzene rings is 1. The third-order valence-corrected chi connectivity index (χ3v) is 2.66.